The molecule has 0 aliphatic heterocycles. The lowest BCUT2D eigenvalue weighted by Crippen LogP contribution is -2.42. The van der Waals surface area contributed by atoms with Gasteiger partial charge in [0.1, 0.15) is 4.75 Å². The molecule has 1 aliphatic rings. The smallest absolute Gasteiger partial charge is 0.196 e. The Bertz CT molecular complexity index is 698. The van der Waals surface area contributed by atoms with Crippen molar-refractivity contribution < 1.29 is 22.0 Å². The van der Waals surface area contributed by atoms with Gasteiger partial charge in [-0.2, -0.15) is 0 Å². The molecule has 0 radical (unpaired) electrons. The Hall–Kier alpha value is -1.21. The summed E-state index contributed by atoms with van der Waals surface area (Å²) in [7, 11) is 0. The maximum atomic E-state index is 14.6. The van der Waals surface area contributed by atoms with Crippen LogP contribution in [0.2, 0.25) is 0 Å². The van der Waals surface area contributed by atoms with Crippen LogP contribution in [0.5, 0.6) is 0 Å². The Morgan fingerprint density at radius 2 is 1.75 bits per heavy atom. The molecular formula is C17H15F5S2. The lowest BCUT2D eigenvalue weighted by molar-refractivity contribution is 0.215. The van der Waals surface area contributed by atoms with E-state index in [9.17, 15) is 22.0 Å². The van der Waals surface area contributed by atoms with Gasteiger partial charge in [-0.15, -0.1) is 11.8 Å². The Kier molecular flexibility index (Phi) is 5.86. The van der Waals surface area contributed by atoms with Gasteiger partial charge in [-0.3, -0.25) is 0 Å². The second-order valence-electron chi connectivity index (χ2n) is 5.65. The Morgan fingerprint density at radius 1 is 1.17 bits per heavy atom. The summed E-state index contributed by atoms with van der Waals surface area (Å²) in [6.07, 6.45) is -2.94. The predicted octanol–water partition coefficient (Wildman–Crippen LogP) is 6.65. The van der Waals surface area contributed by atoms with E-state index in [0.29, 0.717) is 11.8 Å². The summed E-state index contributed by atoms with van der Waals surface area (Å²) >= 11 is 5.40. The van der Waals surface area contributed by atoms with Crippen LogP contribution >= 0.6 is 24.0 Å². The van der Waals surface area contributed by atoms with Gasteiger partial charge < -0.3 is 0 Å². The number of hydrogen-bond donors (Lipinski definition) is 0. The maximum absolute atomic E-state index is 14.6. The molecule has 130 valence electrons. The number of thioether (sulfide) groups is 1. The van der Waals surface area contributed by atoms with Crippen molar-refractivity contribution in [2.45, 2.75) is 37.1 Å². The fourth-order valence-corrected chi connectivity index (χ4v) is 4.43. The van der Waals surface area contributed by atoms with E-state index in [1.54, 1.807) is 37.3 Å². The van der Waals surface area contributed by atoms with Crippen LogP contribution in [0.3, 0.4) is 0 Å². The first kappa shape index (κ1) is 19.1. The highest BCUT2D eigenvalue weighted by Crippen LogP contribution is 2.53. The summed E-state index contributed by atoms with van der Waals surface area (Å²) in [4.78, 5) is 0. The van der Waals surface area contributed by atoms with Crippen molar-refractivity contribution in [2.75, 3.05) is 0 Å². The second kappa shape index (κ2) is 7.35. The molecule has 0 fully saturated rings. The van der Waals surface area contributed by atoms with Crippen molar-refractivity contribution >= 4 is 28.2 Å². The van der Waals surface area contributed by atoms with E-state index in [1.165, 1.54) is 6.92 Å². The van der Waals surface area contributed by atoms with E-state index in [-0.39, 0.29) is 10.6 Å². The highest BCUT2D eigenvalue weighted by Gasteiger charge is 2.54. The van der Waals surface area contributed by atoms with Crippen molar-refractivity contribution in [1.82, 2.24) is 0 Å². The van der Waals surface area contributed by atoms with Crippen LogP contribution in [0.25, 0.3) is 0 Å². The summed E-state index contributed by atoms with van der Waals surface area (Å²) < 4.78 is 68.0. The van der Waals surface area contributed by atoms with Gasteiger partial charge in [0.15, 0.2) is 29.5 Å². The molecule has 2 rings (SSSR count). The molecule has 3 atom stereocenters. The zero-order valence-corrected chi connectivity index (χ0v) is 14.6. The third-order valence-corrected chi connectivity index (χ3v) is 5.36. The van der Waals surface area contributed by atoms with Crippen LogP contribution in [0.4, 0.5) is 22.0 Å². The summed E-state index contributed by atoms with van der Waals surface area (Å²) in [5, 5.41) is 0. The van der Waals surface area contributed by atoms with Crippen molar-refractivity contribution in [3.05, 3.63) is 59.2 Å². The van der Waals surface area contributed by atoms with Crippen LogP contribution in [-0.4, -0.2) is 15.1 Å². The van der Waals surface area contributed by atoms with Gasteiger partial charge in [0, 0.05) is 4.20 Å². The lowest BCUT2D eigenvalue weighted by atomic mass is 9.83. The Morgan fingerprint density at radius 3 is 2.29 bits per heavy atom. The minimum atomic E-state index is -2.66. The SMILES string of the molecule is CC(=S)SC1(CC(C)c2ccccc2)C(F)=C(F)C(F)=C(F)C1F. The minimum Gasteiger partial charge on any atom is -0.238 e. The first-order valence-corrected chi connectivity index (χ1v) is 8.43. The number of rotatable bonds is 4. The topological polar surface area (TPSA) is 0 Å². The van der Waals surface area contributed by atoms with Gasteiger partial charge in [0.05, 0.1) is 0 Å². The zero-order valence-electron chi connectivity index (χ0n) is 13.0. The van der Waals surface area contributed by atoms with Gasteiger partial charge in [0.2, 0.25) is 0 Å². The monoisotopic (exact) mass is 378 g/mol. The molecule has 0 spiro atoms. The van der Waals surface area contributed by atoms with Crippen LogP contribution < -0.4 is 0 Å². The molecule has 0 bridgehead atoms. The highest BCUT2D eigenvalue weighted by atomic mass is 32.2. The first-order chi connectivity index (χ1) is 11.2. The summed E-state index contributed by atoms with van der Waals surface area (Å²) in [5.41, 5.74) is 0.746. The van der Waals surface area contributed by atoms with Crippen LogP contribution in [0.1, 0.15) is 31.7 Å². The average molecular weight is 378 g/mol. The van der Waals surface area contributed by atoms with Crippen molar-refractivity contribution in [1.29, 1.82) is 0 Å². The molecule has 0 heterocycles. The molecule has 1 aromatic carbocycles. The van der Waals surface area contributed by atoms with E-state index in [4.69, 9.17) is 12.2 Å². The molecule has 0 aromatic heterocycles. The van der Waals surface area contributed by atoms with Crippen molar-refractivity contribution in [3.8, 4) is 0 Å². The summed E-state index contributed by atoms with van der Waals surface area (Å²) in [5.74, 6) is -8.13. The number of alkyl halides is 1. The largest absolute Gasteiger partial charge is 0.238 e. The molecule has 0 saturated heterocycles. The molecule has 24 heavy (non-hydrogen) atoms. The molecule has 0 nitrogen and oxygen atoms in total. The highest BCUT2D eigenvalue weighted by molar-refractivity contribution is 8.24. The van der Waals surface area contributed by atoms with E-state index >= 15 is 0 Å². The van der Waals surface area contributed by atoms with Gasteiger partial charge >= 0.3 is 0 Å². The number of benzene rings is 1. The van der Waals surface area contributed by atoms with E-state index in [1.807, 2.05) is 0 Å². The third-order valence-electron chi connectivity index (χ3n) is 3.90. The zero-order chi connectivity index (χ0) is 18.1. The quantitative estimate of drug-likeness (QED) is 0.425. The van der Waals surface area contributed by atoms with Gasteiger partial charge in [0.25, 0.3) is 0 Å². The lowest BCUT2D eigenvalue weighted by Gasteiger charge is -2.38. The standard InChI is InChI=1S/C17H15F5S2/c1-9(11-6-4-3-5-7-11)8-17(24-10(2)23)15(21)13(19)12(18)14(20)16(17)22/h3-7,9,15H,8H2,1-2H3. The van der Waals surface area contributed by atoms with Crippen LogP contribution in [0.15, 0.2) is 53.6 Å². The molecule has 0 saturated carbocycles. The summed E-state index contributed by atoms with van der Waals surface area (Å²) in [6, 6.07) is 8.76. The van der Waals surface area contributed by atoms with Gasteiger partial charge in [-0.25, -0.2) is 22.0 Å². The fraction of sp³-hybridized carbons (Fsp3) is 0.353. The maximum Gasteiger partial charge on any atom is 0.196 e. The van der Waals surface area contributed by atoms with Crippen molar-refractivity contribution in [3.63, 3.8) is 0 Å². The molecule has 1 aromatic rings. The first-order valence-electron chi connectivity index (χ1n) is 7.20. The van der Waals surface area contributed by atoms with Crippen molar-refractivity contribution in [2.24, 2.45) is 0 Å². The van der Waals surface area contributed by atoms with E-state index in [0.717, 1.165) is 5.56 Å². The number of hydrogen-bond acceptors (Lipinski definition) is 2. The molecule has 1 aliphatic carbocycles. The fourth-order valence-electron chi connectivity index (χ4n) is 2.76. The molecular weight excluding hydrogens is 363 g/mol. The van der Waals surface area contributed by atoms with Crippen LogP contribution in [-0.2, 0) is 0 Å². The molecule has 0 N–H and O–H groups in total. The van der Waals surface area contributed by atoms with Gasteiger partial charge in [-0.05, 0) is 24.8 Å². The average Bonchev–Trinajstić information content (AvgIpc) is 2.57. The molecule has 7 heteroatoms. The van der Waals surface area contributed by atoms with E-state index in [2.05, 4.69) is 0 Å². The number of halogens is 5. The predicted molar refractivity (Wildman–Crippen MR) is 91.4 cm³/mol. The summed E-state index contributed by atoms with van der Waals surface area (Å²) in [6.45, 7) is 3.08. The molecule has 0 amide bonds. The normalized spacial score (nSPS) is 25.9. The van der Waals surface area contributed by atoms with Gasteiger partial charge in [-0.1, -0.05) is 49.5 Å². The minimum absolute atomic E-state index is 0.107. The number of thiocarbonyl (C=S) groups is 1. The Labute approximate surface area is 146 Å². The Balaban J connectivity index is 2.50. The number of allylic oxidation sites excluding steroid dienone is 3. The van der Waals surface area contributed by atoms with E-state index < -0.39 is 40.1 Å². The second-order valence-corrected chi connectivity index (χ2v) is 8.07. The van der Waals surface area contributed by atoms with Crippen LogP contribution in [0, 0.1) is 0 Å². The molecule has 3 unspecified atom stereocenters. The third kappa shape index (κ3) is 3.42.